The van der Waals surface area contributed by atoms with Crippen molar-refractivity contribution in [3.8, 4) is 0 Å². The van der Waals surface area contributed by atoms with Crippen LogP contribution in [0.2, 0.25) is 0 Å². The Morgan fingerprint density at radius 3 is 2.30 bits per heavy atom. The van der Waals surface area contributed by atoms with Crippen molar-refractivity contribution in [3.63, 3.8) is 0 Å². The van der Waals surface area contributed by atoms with Crippen molar-refractivity contribution in [3.05, 3.63) is 0 Å². The summed E-state index contributed by atoms with van der Waals surface area (Å²) in [6.45, 7) is 12.1. The molecule has 1 fully saturated rings. The highest BCUT2D eigenvalue weighted by Crippen LogP contribution is 2.42. The van der Waals surface area contributed by atoms with E-state index in [2.05, 4.69) is 4.40 Å². The molecule has 0 radical (unpaired) electrons. The molecule has 20 heavy (non-hydrogen) atoms. The smallest absolute Gasteiger partial charge is 0.408 e. The molecule has 0 bridgehead atoms. The number of likely N-dealkylation sites (tertiary alicyclic amines) is 1. The zero-order valence-corrected chi connectivity index (χ0v) is 14.1. The molecule has 1 saturated heterocycles. The van der Waals surface area contributed by atoms with Gasteiger partial charge < -0.3 is 9.66 Å². The standard InChI is InChI=1S/C14H26N2O3S/c1-12(2,3)14(8-7-9-16(14)11(17)18)10-15-20(19)13(4,5)6/h10H,7-9H2,1-6H3,(H,17,18)/t14-,20?/m0/s1. The molecule has 1 heterocycles. The van der Waals surface area contributed by atoms with Gasteiger partial charge >= 0.3 is 6.09 Å². The van der Waals surface area contributed by atoms with Gasteiger partial charge in [0.1, 0.15) is 16.1 Å². The quantitative estimate of drug-likeness (QED) is 0.629. The molecule has 6 heteroatoms. The molecule has 1 aliphatic heterocycles. The predicted molar refractivity (Wildman–Crippen MR) is 82.5 cm³/mol. The number of hydrogen-bond acceptors (Lipinski definition) is 3. The molecule has 1 rings (SSSR count). The van der Waals surface area contributed by atoms with Crippen LogP contribution >= 0.6 is 0 Å². The molecule has 1 N–H and O–H groups in total. The van der Waals surface area contributed by atoms with E-state index in [-0.39, 0.29) is 5.41 Å². The van der Waals surface area contributed by atoms with E-state index in [0.717, 1.165) is 6.42 Å². The van der Waals surface area contributed by atoms with Crippen LogP contribution < -0.4 is 0 Å². The van der Waals surface area contributed by atoms with E-state index in [1.807, 2.05) is 41.5 Å². The van der Waals surface area contributed by atoms with Gasteiger partial charge in [0.15, 0.2) is 0 Å². The second-order valence-electron chi connectivity index (χ2n) is 7.31. The van der Waals surface area contributed by atoms with Crippen LogP contribution in [0.4, 0.5) is 4.79 Å². The third-order valence-corrected chi connectivity index (χ3v) is 5.18. The minimum Gasteiger partial charge on any atom is -0.591 e. The summed E-state index contributed by atoms with van der Waals surface area (Å²) < 4.78 is 15.9. The Hall–Kier alpha value is -0.750. The summed E-state index contributed by atoms with van der Waals surface area (Å²) in [6.07, 6.45) is 2.20. The molecule has 116 valence electrons. The highest BCUT2D eigenvalue weighted by atomic mass is 32.2. The van der Waals surface area contributed by atoms with Gasteiger partial charge in [-0.2, -0.15) is 0 Å². The van der Waals surface area contributed by atoms with Crippen molar-refractivity contribution >= 4 is 23.7 Å². The van der Waals surface area contributed by atoms with Gasteiger partial charge in [0.2, 0.25) is 0 Å². The van der Waals surface area contributed by atoms with Crippen LogP contribution in [0.1, 0.15) is 54.4 Å². The zero-order chi connectivity index (χ0) is 15.8. The number of carboxylic acid groups (broad SMARTS) is 1. The first-order valence-electron chi connectivity index (χ1n) is 6.89. The van der Waals surface area contributed by atoms with Crippen LogP contribution in [0.15, 0.2) is 4.40 Å². The molecule has 0 saturated carbocycles. The van der Waals surface area contributed by atoms with E-state index in [9.17, 15) is 14.5 Å². The lowest BCUT2D eigenvalue weighted by atomic mass is 9.72. The fraction of sp³-hybridized carbons (Fsp3) is 0.857. The minimum absolute atomic E-state index is 0.298. The van der Waals surface area contributed by atoms with Crippen LogP contribution in [0.5, 0.6) is 0 Å². The summed E-state index contributed by atoms with van der Waals surface area (Å²) in [6, 6.07) is 0. The Balaban J connectivity index is 3.15. The zero-order valence-electron chi connectivity index (χ0n) is 13.3. The number of rotatable bonds is 2. The monoisotopic (exact) mass is 302 g/mol. The van der Waals surface area contributed by atoms with Crippen LogP contribution in [-0.2, 0) is 11.4 Å². The van der Waals surface area contributed by atoms with Crippen molar-refractivity contribution in [1.29, 1.82) is 0 Å². The van der Waals surface area contributed by atoms with Crippen LogP contribution in [0.3, 0.4) is 0 Å². The molecule has 5 nitrogen and oxygen atoms in total. The normalized spacial score (nSPS) is 26.2. The van der Waals surface area contributed by atoms with Crippen molar-refractivity contribution in [2.24, 2.45) is 9.81 Å². The SMILES string of the molecule is CC(C)(C)[S+]([O-])N=C[C@]1(C(C)(C)C)CCCN1C(=O)O. The first kappa shape index (κ1) is 17.3. The van der Waals surface area contributed by atoms with Crippen LogP contribution in [-0.4, -0.2) is 43.7 Å². The Kier molecular flexibility index (Phi) is 4.81. The average Bonchev–Trinajstić information content (AvgIpc) is 2.68. The number of hydrogen-bond donors (Lipinski definition) is 1. The Morgan fingerprint density at radius 1 is 1.35 bits per heavy atom. The largest absolute Gasteiger partial charge is 0.591 e. The molecule has 0 aromatic carbocycles. The summed E-state index contributed by atoms with van der Waals surface area (Å²) in [7, 11) is 0. The Labute approximate surface area is 124 Å². The molecule has 2 atom stereocenters. The molecule has 1 amide bonds. The van der Waals surface area contributed by atoms with E-state index in [1.54, 1.807) is 6.21 Å². The maximum Gasteiger partial charge on any atom is 0.408 e. The lowest BCUT2D eigenvalue weighted by Gasteiger charge is -2.43. The molecule has 0 spiro atoms. The van der Waals surface area contributed by atoms with E-state index < -0.39 is 27.7 Å². The molecule has 1 aliphatic rings. The summed E-state index contributed by atoms with van der Waals surface area (Å²) in [5.74, 6) is 0. The first-order valence-corrected chi connectivity index (χ1v) is 8.00. The van der Waals surface area contributed by atoms with Gasteiger partial charge in [-0.3, -0.25) is 4.90 Å². The second-order valence-corrected chi connectivity index (χ2v) is 9.24. The van der Waals surface area contributed by atoms with E-state index >= 15 is 0 Å². The molecule has 0 aromatic rings. The van der Waals surface area contributed by atoms with Gasteiger partial charge in [-0.05, 0) is 39.0 Å². The van der Waals surface area contributed by atoms with Gasteiger partial charge in [-0.25, -0.2) is 4.79 Å². The highest BCUT2D eigenvalue weighted by Gasteiger charge is 2.51. The van der Waals surface area contributed by atoms with Crippen molar-refractivity contribution in [2.75, 3.05) is 6.54 Å². The van der Waals surface area contributed by atoms with Gasteiger partial charge in [0, 0.05) is 6.54 Å². The van der Waals surface area contributed by atoms with Crippen LogP contribution in [0.25, 0.3) is 0 Å². The van der Waals surface area contributed by atoms with Crippen molar-refractivity contribution < 1.29 is 14.5 Å². The topological polar surface area (TPSA) is 76.0 Å². The number of carbonyl (C=O) groups is 1. The average molecular weight is 302 g/mol. The third kappa shape index (κ3) is 3.28. The van der Waals surface area contributed by atoms with Gasteiger partial charge in [-0.1, -0.05) is 25.2 Å². The summed E-state index contributed by atoms with van der Waals surface area (Å²) in [5, 5.41) is 9.43. The van der Waals surface area contributed by atoms with Crippen LogP contribution in [0, 0.1) is 5.41 Å². The Morgan fingerprint density at radius 2 is 1.90 bits per heavy atom. The number of nitrogens with zero attached hydrogens (tertiary/aromatic N) is 2. The van der Waals surface area contributed by atoms with E-state index in [0.29, 0.717) is 13.0 Å². The molecule has 1 unspecified atom stereocenters. The van der Waals surface area contributed by atoms with Crippen molar-refractivity contribution in [1.82, 2.24) is 4.90 Å². The molecule has 0 aromatic heterocycles. The lowest BCUT2D eigenvalue weighted by molar-refractivity contribution is 0.0791. The second kappa shape index (κ2) is 5.56. The minimum atomic E-state index is -1.37. The van der Waals surface area contributed by atoms with Gasteiger partial charge in [0.25, 0.3) is 0 Å². The van der Waals surface area contributed by atoms with E-state index in [1.165, 1.54) is 4.90 Å². The lowest BCUT2D eigenvalue weighted by Crippen LogP contribution is -2.56. The van der Waals surface area contributed by atoms with Gasteiger partial charge in [0.05, 0.1) is 11.8 Å². The Bertz CT molecular complexity index is 398. The van der Waals surface area contributed by atoms with Crippen molar-refractivity contribution in [2.45, 2.75) is 64.7 Å². The summed E-state index contributed by atoms with van der Waals surface area (Å²) >= 11 is -1.37. The van der Waals surface area contributed by atoms with Gasteiger partial charge in [-0.15, -0.1) is 0 Å². The molecular formula is C14H26N2O3S. The molecule has 0 aliphatic carbocycles. The fourth-order valence-corrected chi connectivity index (χ4v) is 3.09. The maximum atomic E-state index is 12.1. The third-order valence-electron chi connectivity index (χ3n) is 3.84. The summed E-state index contributed by atoms with van der Waals surface area (Å²) in [4.78, 5) is 12.9. The summed E-state index contributed by atoms with van der Waals surface area (Å²) in [5.41, 5.74) is -0.979. The highest BCUT2D eigenvalue weighted by molar-refractivity contribution is 7.91. The first-order chi connectivity index (χ1) is 8.92. The predicted octanol–water partition coefficient (Wildman–Crippen LogP) is 3.08. The maximum absolute atomic E-state index is 12.1. The molecular weight excluding hydrogens is 276 g/mol. The van der Waals surface area contributed by atoms with E-state index in [4.69, 9.17) is 0 Å². The number of amides is 1. The fourth-order valence-electron chi connectivity index (χ4n) is 2.51.